The van der Waals surface area contributed by atoms with Crippen LogP contribution in [0.2, 0.25) is 0 Å². The van der Waals surface area contributed by atoms with Gasteiger partial charge in [-0.2, -0.15) is 0 Å². The molecule has 1 amide bonds. The van der Waals surface area contributed by atoms with E-state index < -0.39 is 6.17 Å². The van der Waals surface area contributed by atoms with Crippen molar-refractivity contribution in [1.82, 2.24) is 10.6 Å². The molecule has 6 rings (SSSR count). The summed E-state index contributed by atoms with van der Waals surface area (Å²) in [5.41, 5.74) is 1.50. The van der Waals surface area contributed by atoms with Crippen molar-refractivity contribution >= 4 is 5.91 Å². The second-order valence-electron chi connectivity index (χ2n) is 10.4. The minimum Gasteiger partial charge on any atom is -0.350 e. The Bertz CT molecular complexity index is 754. The van der Waals surface area contributed by atoms with Gasteiger partial charge >= 0.3 is 0 Å². The third kappa shape index (κ3) is 2.82. The molecule has 2 unspecified atom stereocenters. The summed E-state index contributed by atoms with van der Waals surface area (Å²) in [5.74, 6) is 0.764. The Morgan fingerprint density at radius 3 is 2.75 bits per heavy atom. The predicted octanol–water partition coefficient (Wildman–Crippen LogP) is 4.12. The lowest BCUT2D eigenvalue weighted by Gasteiger charge is -2.66. The maximum absolute atomic E-state index is 14.4. The first-order chi connectivity index (χ1) is 13.5. The van der Waals surface area contributed by atoms with Gasteiger partial charge in [0.25, 0.3) is 0 Å². The van der Waals surface area contributed by atoms with Crippen molar-refractivity contribution < 1.29 is 9.18 Å². The van der Waals surface area contributed by atoms with E-state index in [1.807, 2.05) is 0 Å². The molecule has 1 saturated heterocycles. The molecule has 1 heterocycles. The Balaban J connectivity index is 1.48. The highest BCUT2D eigenvalue weighted by molar-refractivity contribution is 5.84. The SMILES string of the molecule is CC[C@]12CC3CC(C(=O)N[C@@H]4CCNC[C@H]4F)(C1)C[C@@](c1ccccc1)(C3)C2. The number of hydrogen-bond donors (Lipinski definition) is 2. The predicted molar refractivity (Wildman–Crippen MR) is 109 cm³/mol. The molecule has 4 aliphatic carbocycles. The number of carbonyl (C=O) groups is 1. The maximum Gasteiger partial charge on any atom is 0.226 e. The molecule has 1 aromatic carbocycles. The summed E-state index contributed by atoms with van der Waals surface area (Å²) in [4.78, 5) is 13.6. The Kier molecular flexibility index (Phi) is 4.35. The third-order valence-corrected chi connectivity index (χ3v) is 8.53. The summed E-state index contributed by atoms with van der Waals surface area (Å²) in [5, 5.41) is 6.27. The molecule has 0 aromatic heterocycles. The average molecular weight is 385 g/mol. The van der Waals surface area contributed by atoms with Crippen molar-refractivity contribution in [2.45, 2.75) is 75.9 Å². The van der Waals surface area contributed by atoms with Crippen LogP contribution in [0.15, 0.2) is 30.3 Å². The number of amides is 1. The Labute approximate surface area is 167 Å². The van der Waals surface area contributed by atoms with Gasteiger partial charge in [0.1, 0.15) is 6.17 Å². The normalized spacial score (nSPS) is 44.4. The first-order valence-corrected chi connectivity index (χ1v) is 11.2. The van der Waals surface area contributed by atoms with Crippen LogP contribution in [-0.4, -0.2) is 31.2 Å². The molecule has 5 fully saturated rings. The van der Waals surface area contributed by atoms with E-state index in [1.165, 1.54) is 24.8 Å². The number of alkyl halides is 1. The highest BCUT2D eigenvalue weighted by Gasteiger charge is 2.65. The quantitative estimate of drug-likeness (QED) is 0.820. The molecule has 0 radical (unpaired) electrons. The molecule has 28 heavy (non-hydrogen) atoms. The van der Waals surface area contributed by atoms with E-state index in [4.69, 9.17) is 0 Å². The van der Waals surface area contributed by atoms with Crippen molar-refractivity contribution in [1.29, 1.82) is 0 Å². The molecule has 4 bridgehead atoms. The van der Waals surface area contributed by atoms with Gasteiger partial charge < -0.3 is 10.6 Å². The molecule has 6 atom stereocenters. The minimum atomic E-state index is -0.977. The van der Waals surface area contributed by atoms with Crippen LogP contribution in [0.1, 0.15) is 63.9 Å². The van der Waals surface area contributed by atoms with Crippen molar-refractivity contribution in [2.75, 3.05) is 13.1 Å². The van der Waals surface area contributed by atoms with Gasteiger partial charge in [-0.15, -0.1) is 0 Å². The van der Waals surface area contributed by atoms with Crippen molar-refractivity contribution in [3.8, 4) is 0 Å². The number of carbonyl (C=O) groups excluding carboxylic acids is 1. The zero-order valence-electron chi connectivity index (χ0n) is 17.0. The van der Waals surface area contributed by atoms with Gasteiger partial charge in [0.05, 0.1) is 11.5 Å². The zero-order valence-corrected chi connectivity index (χ0v) is 17.0. The number of hydrogen-bond acceptors (Lipinski definition) is 2. The molecule has 4 heteroatoms. The summed E-state index contributed by atoms with van der Waals surface area (Å²) in [7, 11) is 0. The number of nitrogens with one attached hydrogen (secondary N) is 2. The number of rotatable bonds is 4. The van der Waals surface area contributed by atoms with E-state index in [-0.39, 0.29) is 28.2 Å². The lowest BCUT2D eigenvalue weighted by molar-refractivity contribution is -0.164. The van der Waals surface area contributed by atoms with Crippen LogP contribution in [-0.2, 0) is 10.2 Å². The van der Waals surface area contributed by atoms with E-state index in [9.17, 15) is 9.18 Å². The lowest BCUT2D eigenvalue weighted by Crippen LogP contribution is -2.64. The van der Waals surface area contributed by atoms with Gasteiger partial charge in [-0.1, -0.05) is 43.7 Å². The van der Waals surface area contributed by atoms with Crippen LogP contribution >= 0.6 is 0 Å². The second-order valence-corrected chi connectivity index (χ2v) is 10.4. The van der Waals surface area contributed by atoms with Crippen LogP contribution in [0.3, 0.4) is 0 Å². The molecular weight excluding hydrogens is 351 g/mol. The van der Waals surface area contributed by atoms with E-state index >= 15 is 0 Å². The second kappa shape index (κ2) is 6.55. The average Bonchev–Trinajstić information content (AvgIpc) is 2.69. The molecule has 1 aliphatic heterocycles. The standard InChI is InChI=1S/C24H33FN2O/c1-2-22-10-17-11-23(14-22,18-6-4-3-5-7-18)16-24(12-17,15-22)21(28)27-20-8-9-26-13-19(20)25/h3-7,17,19-20,26H,2,8-16H2,1H3,(H,27,28)/t17?,19-,20-,22-,23-,24?/m1/s1. The molecule has 2 N–H and O–H groups in total. The fraction of sp³-hybridized carbons (Fsp3) is 0.708. The molecule has 152 valence electrons. The maximum atomic E-state index is 14.4. The van der Waals surface area contributed by atoms with Gasteiger partial charge in [0, 0.05) is 6.54 Å². The molecule has 5 aliphatic rings. The van der Waals surface area contributed by atoms with Crippen LogP contribution < -0.4 is 10.6 Å². The van der Waals surface area contributed by atoms with Crippen LogP contribution in [0, 0.1) is 16.7 Å². The molecule has 4 saturated carbocycles. The molecule has 3 nitrogen and oxygen atoms in total. The van der Waals surface area contributed by atoms with Gasteiger partial charge in [-0.3, -0.25) is 4.79 Å². The van der Waals surface area contributed by atoms with Gasteiger partial charge in [-0.25, -0.2) is 4.39 Å². The fourth-order valence-electron chi connectivity index (χ4n) is 7.70. The van der Waals surface area contributed by atoms with Gasteiger partial charge in [0.2, 0.25) is 5.91 Å². The highest BCUT2D eigenvalue weighted by Crippen LogP contribution is 2.71. The van der Waals surface area contributed by atoms with Crippen molar-refractivity contribution in [3.05, 3.63) is 35.9 Å². The molecule has 0 spiro atoms. The van der Waals surface area contributed by atoms with Crippen molar-refractivity contribution in [2.24, 2.45) is 16.7 Å². The van der Waals surface area contributed by atoms with Crippen molar-refractivity contribution in [3.63, 3.8) is 0 Å². The van der Waals surface area contributed by atoms with E-state index in [2.05, 4.69) is 47.9 Å². The van der Waals surface area contributed by atoms with Crippen LogP contribution in [0.25, 0.3) is 0 Å². The van der Waals surface area contributed by atoms with Crippen LogP contribution in [0.4, 0.5) is 4.39 Å². The van der Waals surface area contributed by atoms with E-state index in [0.717, 1.165) is 32.2 Å². The largest absolute Gasteiger partial charge is 0.350 e. The smallest absolute Gasteiger partial charge is 0.226 e. The summed E-state index contributed by atoms with van der Waals surface area (Å²) >= 11 is 0. The Hall–Kier alpha value is -1.42. The topological polar surface area (TPSA) is 41.1 Å². The third-order valence-electron chi connectivity index (χ3n) is 8.53. The number of halogens is 1. The number of benzene rings is 1. The molecule has 1 aromatic rings. The first kappa shape index (κ1) is 18.6. The van der Waals surface area contributed by atoms with Gasteiger partial charge in [-0.05, 0) is 73.8 Å². The number of piperidine rings is 1. The van der Waals surface area contributed by atoms with E-state index in [0.29, 0.717) is 18.9 Å². The first-order valence-electron chi connectivity index (χ1n) is 11.2. The van der Waals surface area contributed by atoms with Gasteiger partial charge in [0.15, 0.2) is 0 Å². The monoisotopic (exact) mass is 384 g/mol. The zero-order chi connectivity index (χ0) is 19.4. The summed E-state index contributed by atoms with van der Waals surface area (Å²) in [6.45, 7) is 3.45. The summed E-state index contributed by atoms with van der Waals surface area (Å²) in [6, 6.07) is 10.6. The van der Waals surface area contributed by atoms with E-state index in [1.54, 1.807) is 0 Å². The Morgan fingerprint density at radius 2 is 2.00 bits per heavy atom. The highest BCUT2D eigenvalue weighted by atomic mass is 19.1. The summed E-state index contributed by atoms with van der Waals surface area (Å²) in [6.07, 6.45) is 7.49. The van der Waals surface area contributed by atoms with Crippen LogP contribution in [0.5, 0.6) is 0 Å². The minimum absolute atomic E-state index is 0.122. The molecular formula is C24H33FN2O. The Morgan fingerprint density at radius 1 is 1.18 bits per heavy atom. The lowest BCUT2D eigenvalue weighted by atomic mass is 9.38. The fourth-order valence-corrected chi connectivity index (χ4v) is 7.70. The summed E-state index contributed by atoms with van der Waals surface area (Å²) < 4.78 is 14.4.